The number of aromatic nitrogens is 2. The van der Waals surface area contributed by atoms with E-state index in [2.05, 4.69) is 10.4 Å². The third-order valence-electron chi connectivity index (χ3n) is 7.09. The smallest absolute Gasteiger partial charge is 0.337 e. The Bertz CT molecular complexity index is 918. The number of rotatable bonds is 8. The molecule has 0 bridgehead atoms. The number of amides is 1. The summed E-state index contributed by atoms with van der Waals surface area (Å²) < 4.78 is 6.72. The van der Waals surface area contributed by atoms with Gasteiger partial charge in [0, 0.05) is 25.3 Å². The molecule has 2 aromatic rings. The molecule has 4 rings (SSSR count). The van der Waals surface area contributed by atoms with Crippen LogP contribution in [-0.4, -0.2) is 52.8 Å². The highest BCUT2D eigenvalue weighted by Gasteiger charge is 2.28. The highest BCUT2D eigenvalue weighted by molar-refractivity contribution is 5.92. The van der Waals surface area contributed by atoms with Crippen LogP contribution in [0.15, 0.2) is 36.5 Å². The van der Waals surface area contributed by atoms with Crippen molar-refractivity contribution in [3.8, 4) is 0 Å². The Balaban J connectivity index is 0.00000324. The van der Waals surface area contributed by atoms with Crippen molar-refractivity contribution in [2.75, 3.05) is 20.2 Å². The van der Waals surface area contributed by atoms with Gasteiger partial charge in [-0.15, -0.1) is 12.4 Å². The maximum Gasteiger partial charge on any atom is 0.337 e. The maximum atomic E-state index is 13.6. The van der Waals surface area contributed by atoms with Crippen molar-refractivity contribution in [3.05, 3.63) is 53.3 Å². The number of carbonyl (C=O) groups excluding carboxylic acids is 2. The Morgan fingerprint density at radius 3 is 2.44 bits per heavy atom. The molecule has 1 aromatic carbocycles. The van der Waals surface area contributed by atoms with Gasteiger partial charge in [-0.05, 0) is 74.9 Å². The monoisotopic (exact) mass is 488 g/mol. The highest BCUT2D eigenvalue weighted by atomic mass is 35.5. The third-order valence-corrected chi connectivity index (χ3v) is 7.09. The fourth-order valence-electron chi connectivity index (χ4n) is 5.05. The number of hydrogen-bond acceptors (Lipinski definition) is 5. The van der Waals surface area contributed by atoms with Crippen molar-refractivity contribution in [2.45, 2.75) is 70.5 Å². The van der Waals surface area contributed by atoms with E-state index < -0.39 is 0 Å². The number of benzene rings is 1. The topological polar surface area (TPSA) is 76.5 Å². The minimum Gasteiger partial charge on any atom is -0.465 e. The summed E-state index contributed by atoms with van der Waals surface area (Å²) in [6, 6.07) is 9.44. The van der Waals surface area contributed by atoms with Gasteiger partial charge in [0.1, 0.15) is 5.69 Å². The summed E-state index contributed by atoms with van der Waals surface area (Å²) in [6.45, 7) is 3.58. The van der Waals surface area contributed by atoms with E-state index in [-0.39, 0.29) is 30.3 Å². The molecule has 1 aliphatic carbocycles. The van der Waals surface area contributed by atoms with Crippen LogP contribution in [0, 0.1) is 5.92 Å². The Morgan fingerprint density at radius 2 is 1.76 bits per heavy atom. The molecule has 1 N–H and O–H groups in total. The zero-order valence-electron chi connectivity index (χ0n) is 20.1. The van der Waals surface area contributed by atoms with Crippen LogP contribution in [-0.2, 0) is 17.8 Å². The number of nitrogens with zero attached hydrogens (tertiary/aromatic N) is 3. The minimum atomic E-state index is -0.350. The molecule has 7 nitrogen and oxygen atoms in total. The second kappa shape index (κ2) is 12.9. The van der Waals surface area contributed by atoms with Gasteiger partial charge in [0.25, 0.3) is 5.91 Å². The second-order valence-corrected chi connectivity index (χ2v) is 9.36. The maximum absolute atomic E-state index is 13.6. The SMILES string of the molecule is COC(=O)c1ccc(CN(C(=O)c2ccn(CCC3CCNCC3)n2)C2CCCCC2)cc1.Cl. The summed E-state index contributed by atoms with van der Waals surface area (Å²) in [7, 11) is 1.38. The van der Waals surface area contributed by atoms with Gasteiger partial charge in [0.2, 0.25) is 0 Å². The zero-order valence-corrected chi connectivity index (χ0v) is 20.9. The molecule has 1 saturated carbocycles. The molecule has 186 valence electrons. The molecule has 2 aliphatic rings. The molecule has 1 amide bonds. The van der Waals surface area contributed by atoms with Gasteiger partial charge in [-0.1, -0.05) is 31.4 Å². The normalized spacial score (nSPS) is 17.1. The van der Waals surface area contributed by atoms with Crippen molar-refractivity contribution in [1.82, 2.24) is 20.0 Å². The zero-order chi connectivity index (χ0) is 23.0. The predicted octanol–water partition coefficient (Wildman–Crippen LogP) is 4.46. The number of aryl methyl sites for hydroxylation is 1. The van der Waals surface area contributed by atoms with E-state index in [9.17, 15) is 9.59 Å². The van der Waals surface area contributed by atoms with Gasteiger partial charge in [0.15, 0.2) is 0 Å². The number of ether oxygens (including phenoxy) is 1. The molecule has 0 spiro atoms. The number of methoxy groups -OCH3 is 1. The van der Waals surface area contributed by atoms with E-state index in [1.807, 2.05) is 34.0 Å². The standard InChI is InChI=1S/C26H36N4O3.ClH/c1-33-26(32)22-9-7-21(8-10-22)19-30(23-5-3-2-4-6-23)25(31)24-14-18-29(28-24)17-13-20-11-15-27-16-12-20;/h7-10,14,18,20,23,27H,2-6,11-13,15-17,19H2,1H3;1H. The van der Waals surface area contributed by atoms with Crippen molar-refractivity contribution < 1.29 is 14.3 Å². The lowest BCUT2D eigenvalue weighted by molar-refractivity contribution is 0.0592. The number of halogens is 1. The number of carbonyl (C=O) groups is 2. The van der Waals surface area contributed by atoms with Crippen LogP contribution in [0.4, 0.5) is 0 Å². The Morgan fingerprint density at radius 1 is 1.06 bits per heavy atom. The van der Waals surface area contributed by atoms with Gasteiger partial charge in [-0.25, -0.2) is 4.79 Å². The molecule has 1 aromatic heterocycles. The van der Waals surface area contributed by atoms with Crippen molar-refractivity contribution >= 4 is 24.3 Å². The summed E-state index contributed by atoms with van der Waals surface area (Å²) in [5.41, 5.74) is 2.05. The summed E-state index contributed by atoms with van der Waals surface area (Å²) in [4.78, 5) is 27.3. The lowest BCUT2D eigenvalue weighted by Crippen LogP contribution is -2.41. The first kappa shape index (κ1) is 26.2. The van der Waals surface area contributed by atoms with Crippen LogP contribution in [0.2, 0.25) is 0 Å². The summed E-state index contributed by atoms with van der Waals surface area (Å²) >= 11 is 0. The molecule has 2 fully saturated rings. The fraction of sp³-hybridized carbons (Fsp3) is 0.577. The Labute approximate surface area is 208 Å². The molecular formula is C26H37ClN4O3. The molecule has 34 heavy (non-hydrogen) atoms. The number of hydrogen-bond donors (Lipinski definition) is 1. The number of nitrogens with one attached hydrogen (secondary N) is 1. The average Bonchev–Trinajstić information content (AvgIpc) is 3.36. The van der Waals surface area contributed by atoms with Crippen LogP contribution in [0.5, 0.6) is 0 Å². The molecule has 0 unspecified atom stereocenters. The van der Waals surface area contributed by atoms with E-state index in [1.54, 1.807) is 12.1 Å². The lowest BCUT2D eigenvalue weighted by Gasteiger charge is -2.34. The van der Waals surface area contributed by atoms with E-state index in [0.29, 0.717) is 17.8 Å². The summed E-state index contributed by atoms with van der Waals surface area (Å²) in [6.07, 6.45) is 11.1. The molecule has 1 aliphatic heterocycles. The molecule has 2 heterocycles. The number of piperidine rings is 1. The summed E-state index contributed by atoms with van der Waals surface area (Å²) in [5.74, 6) is 0.387. The van der Waals surface area contributed by atoms with Crippen molar-refractivity contribution in [1.29, 1.82) is 0 Å². The van der Waals surface area contributed by atoms with Crippen LogP contribution >= 0.6 is 12.4 Å². The van der Waals surface area contributed by atoms with E-state index in [1.165, 1.54) is 26.4 Å². The Hall–Kier alpha value is -2.38. The minimum absolute atomic E-state index is 0. The molecular weight excluding hydrogens is 452 g/mol. The third kappa shape index (κ3) is 6.83. The van der Waals surface area contributed by atoms with Gasteiger partial charge in [-0.2, -0.15) is 5.10 Å². The Kier molecular flexibility index (Phi) is 9.96. The fourth-order valence-corrected chi connectivity index (χ4v) is 5.05. The molecule has 8 heteroatoms. The van der Waals surface area contributed by atoms with Gasteiger partial charge in [-0.3, -0.25) is 9.48 Å². The first-order valence-electron chi connectivity index (χ1n) is 12.4. The second-order valence-electron chi connectivity index (χ2n) is 9.36. The van der Waals surface area contributed by atoms with Crippen LogP contribution in [0.1, 0.15) is 77.8 Å². The molecule has 1 saturated heterocycles. The van der Waals surface area contributed by atoms with Crippen LogP contribution in [0.25, 0.3) is 0 Å². The summed E-state index contributed by atoms with van der Waals surface area (Å²) in [5, 5.41) is 8.06. The largest absolute Gasteiger partial charge is 0.465 e. The van der Waals surface area contributed by atoms with Crippen molar-refractivity contribution in [2.24, 2.45) is 5.92 Å². The molecule has 0 radical (unpaired) electrons. The van der Waals surface area contributed by atoms with Crippen LogP contribution in [0.3, 0.4) is 0 Å². The predicted molar refractivity (Wildman–Crippen MR) is 134 cm³/mol. The molecule has 0 atom stereocenters. The van der Waals surface area contributed by atoms with E-state index >= 15 is 0 Å². The van der Waals surface area contributed by atoms with Gasteiger partial charge >= 0.3 is 5.97 Å². The first-order valence-corrected chi connectivity index (χ1v) is 12.4. The van der Waals surface area contributed by atoms with Gasteiger partial charge in [0.05, 0.1) is 12.7 Å². The highest BCUT2D eigenvalue weighted by Crippen LogP contribution is 2.26. The van der Waals surface area contributed by atoms with Gasteiger partial charge < -0.3 is 15.0 Å². The number of esters is 1. The quantitative estimate of drug-likeness (QED) is 0.555. The van der Waals surface area contributed by atoms with Crippen molar-refractivity contribution in [3.63, 3.8) is 0 Å². The first-order chi connectivity index (χ1) is 16.1. The average molecular weight is 489 g/mol. The van der Waals surface area contributed by atoms with Crippen LogP contribution < -0.4 is 5.32 Å². The lowest BCUT2D eigenvalue weighted by atomic mass is 9.93. The van der Waals surface area contributed by atoms with E-state index in [0.717, 1.165) is 63.2 Å². The van der Waals surface area contributed by atoms with E-state index in [4.69, 9.17) is 4.74 Å².